The quantitative estimate of drug-likeness (QED) is 0.719. The van der Waals surface area contributed by atoms with Gasteiger partial charge in [0.25, 0.3) is 0 Å². The van der Waals surface area contributed by atoms with Crippen LogP contribution in [0.15, 0.2) is 66.7 Å². The summed E-state index contributed by atoms with van der Waals surface area (Å²) in [6.45, 7) is 0.504. The molecule has 0 N–H and O–H groups in total. The number of hydrogen-bond acceptors (Lipinski definition) is 4. The van der Waals surface area contributed by atoms with Crippen LogP contribution in [0.4, 0.5) is 0 Å². The van der Waals surface area contributed by atoms with Gasteiger partial charge in [-0.3, -0.25) is 9.59 Å². The molecule has 31 heavy (non-hydrogen) atoms. The number of benzene rings is 2. The molecule has 4 atom stereocenters. The molecular weight excluding hydrogens is 390 g/mol. The first-order valence-electron chi connectivity index (χ1n) is 10.9. The lowest BCUT2D eigenvalue weighted by molar-refractivity contribution is -0.162. The van der Waals surface area contributed by atoms with Crippen molar-refractivity contribution in [3.63, 3.8) is 0 Å². The van der Waals surface area contributed by atoms with Gasteiger partial charge in [0.15, 0.2) is 5.78 Å². The highest BCUT2D eigenvalue weighted by Crippen LogP contribution is 2.48. The Morgan fingerprint density at radius 3 is 2.55 bits per heavy atom. The molecule has 5 rings (SSSR count). The number of ketones is 1. The van der Waals surface area contributed by atoms with Gasteiger partial charge in [-0.25, -0.2) is 0 Å². The molecule has 5 nitrogen and oxygen atoms in total. The third-order valence-corrected chi connectivity index (χ3v) is 7.04. The minimum Gasteiger partial charge on any atom is -0.497 e. The number of hydrogen-bond donors (Lipinski definition) is 0. The maximum absolute atomic E-state index is 13.6. The molecule has 0 aromatic heterocycles. The van der Waals surface area contributed by atoms with E-state index in [1.165, 1.54) is 0 Å². The largest absolute Gasteiger partial charge is 0.497 e. The Hall–Kier alpha value is -2.92. The van der Waals surface area contributed by atoms with E-state index in [2.05, 4.69) is 0 Å². The van der Waals surface area contributed by atoms with Crippen molar-refractivity contribution >= 4 is 11.7 Å². The number of methoxy groups -OCH3 is 1. The summed E-state index contributed by atoms with van der Waals surface area (Å²) in [5.74, 6) is 0.670. The molecule has 0 radical (unpaired) electrons. The molecule has 2 fully saturated rings. The monoisotopic (exact) mass is 417 g/mol. The highest BCUT2D eigenvalue weighted by molar-refractivity contribution is 5.99. The minimum atomic E-state index is -0.460. The van der Waals surface area contributed by atoms with Gasteiger partial charge in [-0.1, -0.05) is 48.5 Å². The second kappa shape index (κ2) is 7.97. The zero-order valence-electron chi connectivity index (χ0n) is 17.7. The van der Waals surface area contributed by atoms with Crippen molar-refractivity contribution in [1.29, 1.82) is 0 Å². The van der Waals surface area contributed by atoms with Crippen LogP contribution in [-0.4, -0.2) is 41.4 Å². The zero-order chi connectivity index (χ0) is 21.4. The van der Waals surface area contributed by atoms with Crippen LogP contribution < -0.4 is 4.74 Å². The van der Waals surface area contributed by atoms with Crippen LogP contribution in [-0.2, 0) is 27.4 Å². The Balaban J connectivity index is 1.39. The van der Waals surface area contributed by atoms with Crippen LogP contribution in [0.1, 0.15) is 30.4 Å². The molecule has 0 unspecified atom stereocenters. The Bertz CT molecular complexity index is 1000. The summed E-state index contributed by atoms with van der Waals surface area (Å²) in [7, 11) is 1.63. The van der Waals surface area contributed by atoms with Crippen molar-refractivity contribution in [2.45, 2.75) is 50.0 Å². The van der Waals surface area contributed by atoms with Crippen molar-refractivity contribution in [3.8, 4) is 5.75 Å². The predicted octanol–water partition coefficient (Wildman–Crippen LogP) is 3.71. The Morgan fingerprint density at radius 2 is 1.81 bits per heavy atom. The van der Waals surface area contributed by atoms with Crippen LogP contribution >= 0.6 is 0 Å². The van der Waals surface area contributed by atoms with E-state index in [-0.39, 0.29) is 29.3 Å². The van der Waals surface area contributed by atoms with Gasteiger partial charge >= 0.3 is 0 Å². The number of piperidine rings is 1. The normalized spacial score (nSPS) is 29.2. The number of nitrogens with zero attached hydrogens (tertiary/aromatic N) is 1. The summed E-state index contributed by atoms with van der Waals surface area (Å²) in [4.78, 5) is 28.3. The van der Waals surface area contributed by atoms with Crippen molar-refractivity contribution in [1.82, 2.24) is 4.90 Å². The second-order valence-corrected chi connectivity index (χ2v) is 8.80. The number of fused-ring (bicyclic) bond motifs is 1. The van der Waals surface area contributed by atoms with E-state index in [4.69, 9.17) is 9.47 Å². The van der Waals surface area contributed by atoms with Crippen LogP contribution in [0.3, 0.4) is 0 Å². The summed E-state index contributed by atoms with van der Waals surface area (Å²) in [6.07, 6.45) is 6.37. The maximum Gasteiger partial charge on any atom is 0.247 e. The van der Waals surface area contributed by atoms with Gasteiger partial charge in [0.2, 0.25) is 5.91 Å². The number of rotatable bonds is 6. The van der Waals surface area contributed by atoms with E-state index in [0.29, 0.717) is 19.4 Å². The standard InChI is InChI=1S/C26H27NO4/c1-30-20-9-7-18(8-10-20)15-22-25(29)21-16-26(14-12-24(28)27(22)26)13-11-23(21)31-17-19-5-3-2-4-6-19/h2-10,12,14,21-23H,11,13,15-17H2,1H3/t21-,22-,23+,26+/m0/s1. The molecule has 2 aromatic carbocycles. The summed E-state index contributed by atoms with van der Waals surface area (Å²) in [6, 6.07) is 17.3. The fourth-order valence-corrected chi connectivity index (χ4v) is 5.46. The van der Waals surface area contributed by atoms with Gasteiger partial charge in [0, 0.05) is 18.4 Å². The molecule has 1 spiro atoms. The van der Waals surface area contributed by atoms with Crippen LogP contribution in [0, 0.1) is 5.92 Å². The van der Waals surface area contributed by atoms with Crippen molar-refractivity contribution in [2.24, 2.45) is 5.92 Å². The summed E-state index contributed by atoms with van der Waals surface area (Å²) >= 11 is 0. The zero-order valence-corrected chi connectivity index (χ0v) is 17.7. The minimum absolute atomic E-state index is 0.0473. The smallest absolute Gasteiger partial charge is 0.247 e. The summed E-state index contributed by atoms with van der Waals surface area (Å²) in [5.41, 5.74) is 1.79. The fraction of sp³-hybridized carbons (Fsp3) is 0.385. The van der Waals surface area contributed by atoms with E-state index in [1.807, 2.05) is 65.6 Å². The SMILES string of the molecule is COc1ccc(C[C@H]2C(=O)[C@H]3C[C@]4(C=CC(=O)N24)CC[C@H]3OCc2ccccc2)cc1. The van der Waals surface area contributed by atoms with Crippen molar-refractivity contribution in [2.75, 3.05) is 7.11 Å². The molecule has 5 heteroatoms. The van der Waals surface area contributed by atoms with Gasteiger partial charge < -0.3 is 14.4 Å². The molecule has 2 aliphatic heterocycles. The number of Topliss-reactive ketones (excluding diaryl/α,β-unsaturated/α-hetero) is 1. The molecule has 1 saturated carbocycles. The van der Waals surface area contributed by atoms with Gasteiger partial charge in [0.05, 0.1) is 31.4 Å². The lowest BCUT2D eigenvalue weighted by Crippen LogP contribution is -2.66. The number of carbonyl (C=O) groups excluding carboxylic acids is 2. The molecule has 1 amide bonds. The molecule has 2 heterocycles. The summed E-state index contributed by atoms with van der Waals surface area (Å²) in [5, 5.41) is 0. The Kier molecular flexibility index (Phi) is 5.14. The molecular formula is C26H27NO4. The highest BCUT2D eigenvalue weighted by Gasteiger charge is 2.58. The van der Waals surface area contributed by atoms with Gasteiger partial charge in [-0.2, -0.15) is 0 Å². The van der Waals surface area contributed by atoms with E-state index in [0.717, 1.165) is 29.7 Å². The lowest BCUT2D eigenvalue weighted by Gasteiger charge is -2.53. The second-order valence-electron chi connectivity index (χ2n) is 8.80. The molecule has 3 aliphatic rings. The topological polar surface area (TPSA) is 55.8 Å². The van der Waals surface area contributed by atoms with Crippen LogP contribution in [0.5, 0.6) is 5.75 Å². The molecule has 160 valence electrons. The van der Waals surface area contributed by atoms with Gasteiger partial charge in [0.1, 0.15) is 5.75 Å². The molecule has 1 saturated heterocycles. The Morgan fingerprint density at radius 1 is 1.03 bits per heavy atom. The van der Waals surface area contributed by atoms with Crippen LogP contribution in [0.2, 0.25) is 0 Å². The van der Waals surface area contributed by atoms with E-state index in [9.17, 15) is 9.59 Å². The van der Waals surface area contributed by atoms with E-state index in [1.54, 1.807) is 13.2 Å². The average Bonchev–Trinajstić information content (AvgIpc) is 3.12. The summed E-state index contributed by atoms with van der Waals surface area (Å²) < 4.78 is 11.5. The lowest BCUT2D eigenvalue weighted by atomic mass is 9.66. The van der Waals surface area contributed by atoms with Gasteiger partial charge in [-0.15, -0.1) is 0 Å². The van der Waals surface area contributed by atoms with Gasteiger partial charge in [-0.05, 0) is 42.5 Å². The average molecular weight is 418 g/mol. The molecule has 2 aromatic rings. The van der Waals surface area contributed by atoms with Crippen LogP contribution in [0.25, 0.3) is 0 Å². The first-order valence-corrected chi connectivity index (χ1v) is 10.9. The third-order valence-electron chi connectivity index (χ3n) is 7.04. The highest BCUT2D eigenvalue weighted by atomic mass is 16.5. The molecule has 2 bridgehead atoms. The van der Waals surface area contributed by atoms with Crippen molar-refractivity contribution in [3.05, 3.63) is 77.9 Å². The van der Waals surface area contributed by atoms with E-state index >= 15 is 0 Å². The predicted molar refractivity (Wildman–Crippen MR) is 117 cm³/mol. The molecule has 1 aliphatic carbocycles. The first kappa shape index (κ1) is 20.0. The number of ether oxygens (including phenoxy) is 2. The first-order chi connectivity index (χ1) is 15.1. The van der Waals surface area contributed by atoms with E-state index < -0.39 is 6.04 Å². The maximum atomic E-state index is 13.6. The Labute approximate surface area is 182 Å². The third kappa shape index (κ3) is 3.57. The van der Waals surface area contributed by atoms with Crippen molar-refractivity contribution < 1.29 is 19.1 Å². The number of carbonyl (C=O) groups is 2. The fourth-order valence-electron chi connectivity index (χ4n) is 5.46. The number of amides is 1.